The molecule has 4 nitrogen and oxygen atoms in total. The molecule has 0 saturated carbocycles. The molecule has 1 aromatic heterocycles. The van der Waals surface area contributed by atoms with Crippen LogP contribution in [-0.2, 0) is 6.54 Å². The summed E-state index contributed by atoms with van der Waals surface area (Å²) in [6.07, 6.45) is 4.29. The molecule has 0 amide bonds. The highest BCUT2D eigenvalue weighted by Crippen LogP contribution is 2.10. The van der Waals surface area contributed by atoms with Crippen LogP contribution < -0.4 is 10.6 Å². The number of hydrogen-bond acceptors (Lipinski definition) is 4. The molecule has 0 saturated heterocycles. The number of aryl methyl sites for hydroxylation is 1. The standard InChI is InChI=1S/C13H24N4/c1-5-11(6-2)7-15-13-16-9-12(8-14-4)10(3)17-13/h9,11,14H,5-8H2,1-4H3,(H,15,16,17). The number of nitrogens with zero attached hydrogens (tertiary/aromatic N) is 2. The summed E-state index contributed by atoms with van der Waals surface area (Å²) in [5.74, 6) is 1.45. The molecule has 0 unspecified atom stereocenters. The van der Waals surface area contributed by atoms with E-state index in [0.717, 1.165) is 30.3 Å². The Kier molecular flexibility index (Phi) is 5.91. The van der Waals surface area contributed by atoms with Gasteiger partial charge in [-0.1, -0.05) is 26.7 Å². The van der Waals surface area contributed by atoms with Crippen molar-refractivity contribution >= 4 is 5.95 Å². The fourth-order valence-corrected chi connectivity index (χ4v) is 1.75. The zero-order valence-corrected chi connectivity index (χ0v) is 11.4. The smallest absolute Gasteiger partial charge is 0.222 e. The quantitative estimate of drug-likeness (QED) is 0.763. The lowest BCUT2D eigenvalue weighted by molar-refractivity contribution is 0.517. The Morgan fingerprint density at radius 2 is 2.00 bits per heavy atom. The molecule has 0 spiro atoms. The fraction of sp³-hybridized carbons (Fsp3) is 0.692. The molecule has 1 rings (SSSR count). The van der Waals surface area contributed by atoms with Crippen molar-refractivity contribution in [2.24, 2.45) is 5.92 Å². The zero-order valence-electron chi connectivity index (χ0n) is 11.4. The van der Waals surface area contributed by atoms with Gasteiger partial charge in [-0.05, 0) is 19.9 Å². The van der Waals surface area contributed by atoms with E-state index in [9.17, 15) is 0 Å². The van der Waals surface area contributed by atoms with Gasteiger partial charge in [0.2, 0.25) is 5.95 Å². The minimum Gasteiger partial charge on any atom is -0.354 e. The highest BCUT2D eigenvalue weighted by molar-refractivity contribution is 5.29. The number of aromatic nitrogens is 2. The number of nitrogens with one attached hydrogen (secondary N) is 2. The van der Waals surface area contributed by atoms with Crippen molar-refractivity contribution in [2.75, 3.05) is 18.9 Å². The lowest BCUT2D eigenvalue weighted by Crippen LogP contribution is -2.16. The Bertz CT molecular complexity index is 334. The van der Waals surface area contributed by atoms with E-state index < -0.39 is 0 Å². The highest BCUT2D eigenvalue weighted by atomic mass is 15.1. The van der Waals surface area contributed by atoms with Gasteiger partial charge in [-0.2, -0.15) is 0 Å². The lowest BCUT2D eigenvalue weighted by Gasteiger charge is -2.14. The molecule has 4 heteroatoms. The van der Waals surface area contributed by atoms with Crippen molar-refractivity contribution in [3.63, 3.8) is 0 Å². The molecule has 0 atom stereocenters. The van der Waals surface area contributed by atoms with Crippen LogP contribution in [0.5, 0.6) is 0 Å². The van der Waals surface area contributed by atoms with Gasteiger partial charge in [0.25, 0.3) is 0 Å². The molecule has 0 aromatic carbocycles. The third-order valence-corrected chi connectivity index (χ3v) is 3.15. The fourth-order valence-electron chi connectivity index (χ4n) is 1.75. The monoisotopic (exact) mass is 236 g/mol. The summed E-state index contributed by atoms with van der Waals surface area (Å²) in [6, 6.07) is 0. The molecule has 1 heterocycles. The molecule has 96 valence electrons. The maximum Gasteiger partial charge on any atom is 0.222 e. The van der Waals surface area contributed by atoms with Gasteiger partial charge in [0, 0.05) is 30.5 Å². The minimum absolute atomic E-state index is 0.705. The summed E-state index contributed by atoms with van der Waals surface area (Å²) in [6.45, 7) is 8.24. The topological polar surface area (TPSA) is 49.8 Å². The van der Waals surface area contributed by atoms with Crippen LogP contribution in [-0.4, -0.2) is 23.6 Å². The largest absolute Gasteiger partial charge is 0.354 e. The zero-order chi connectivity index (χ0) is 12.7. The third kappa shape index (κ3) is 4.30. The predicted octanol–water partition coefficient (Wildman–Crippen LogP) is 2.35. The predicted molar refractivity (Wildman–Crippen MR) is 72.1 cm³/mol. The van der Waals surface area contributed by atoms with E-state index in [1.54, 1.807) is 0 Å². The van der Waals surface area contributed by atoms with Gasteiger partial charge in [0.05, 0.1) is 0 Å². The maximum absolute atomic E-state index is 4.47. The Morgan fingerprint density at radius 1 is 1.29 bits per heavy atom. The Hall–Kier alpha value is -1.16. The van der Waals surface area contributed by atoms with Crippen molar-refractivity contribution in [2.45, 2.75) is 40.2 Å². The third-order valence-electron chi connectivity index (χ3n) is 3.15. The van der Waals surface area contributed by atoms with E-state index in [1.807, 2.05) is 20.2 Å². The van der Waals surface area contributed by atoms with Crippen LogP contribution in [0.3, 0.4) is 0 Å². The van der Waals surface area contributed by atoms with Gasteiger partial charge in [-0.3, -0.25) is 0 Å². The molecule has 0 fully saturated rings. The van der Waals surface area contributed by atoms with E-state index in [2.05, 4.69) is 34.4 Å². The SMILES string of the molecule is CCC(CC)CNc1ncc(CNC)c(C)n1. The molecule has 2 N–H and O–H groups in total. The number of rotatable bonds is 7. The Balaban J connectivity index is 2.58. The second-order valence-electron chi connectivity index (χ2n) is 4.40. The van der Waals surface area contributed by atoms with Gasteiger partial charge in [-0.15, -0.1) is 0 Å². The summed E-state index contributed by atoms with van der Waals surface area (Å²) in [5, 5.41) is 6.43. The van der Waals surface area contributed by atoms with E-state index in [-0.39, 0.29) is 0 Å². The molecule has 0 aliphatic carbocycles. The highest BCUT2D eigenvalue weighted by Gasteiger charge is 2.05. The summed E-state index contributed by atoms with van der Waals surface area (Å²) >= 11 is 0. The van der Waals surface area contributed by atoms with Crippen molar-refractivity contribution in [3.8, 4) is 0 Å². The number of anilines is 1. The minimum atomic E-state index is 0.705. The van der Waals surface area contributed by atoms with Gasteiger partial charge >= 0.3 is 0 Å². The van der Waals surface area contributed by atoms with Crippen LogP contribution in [0.1, 0.15) is 37.9 Å². The van der Waals surface area contributed by atoms with Crippen molar-refractivity contribution < 1.29 is 0 Å². The molecule has 0 bridgehead atoms. The Morgan fingerprint density at radius 3 is 2.53 bits per heavy atom. The first-order valence-electron chi connectivity index (χ1n) is 6.42. The first kappa shape index (κ1) is 13.9. The molecule has 0 aliphatic heterocycles. The lowest BCUT2D eigenvalue weighted by atomic mass is 10.0. The maximum atomic E-state index is 4.47. The summed E-state index contributed by atoms with van der Waals surface area (Å²) < 4.78 is 0. The summed E-state index contributed by atoms with van der Waals surface area (Å²) in [7, 11) is 1.93. The normalized spacial score (nSPS) is 10.9. The van der Waals surface area contributed by atoms with Gasteiger partial charge in [-0.25, -0.2) is 9.97 Å². The second-order valence-corrected chi connectivity index (χ2v) is 4.40. The van der Waals surface area contributed by atoms with Crippen LogP contribution in [0, 0.1) is 12.8 Å². The Labute approximate surface area is 104 Å². The molecule has 0 radical (unpaired) electrons. The van der Waals surface area contributed by atoms with E-state index in [1.165, 1.54) is 12.8 Å². The van der Waals surface area contributed by atoms with Crippen LogP contribution in [0.4, 0.5) is 5.95 Å². The van der Waals surface area contributed by atoms with E-state index in [4.69, 9.17) is 0 Å². The average Bonchev–Trinajstić information content (AvgIpc) is 2.34. The van der Waals surface area contributed by atoms with E-state index in [0.29, 0.717) is 5.92 Å². The summed E-state index contributed by atoms with van der Waals surface area (Å²) in [5.41, 5.74) is 2.20. The molecular weight excluding hydrogens is 212 g/mol. The van der Waals surface area contributed by atoms with Gasteiger partial charge in [0.1, 0.15) is 0 Å². The molecule has 0 aliphatic rings. The van der Waals surface area contributed by atoms with Gasteiger partial charge in [0.15, 0.2) is 0 Å². The van der Waals surface area contributed by atoms with Crippen molar-refractivity contribution in [1.29, 1.82) is 0 Å². The van der Waals surface area contributed by atoms with Crippen LogP contribution >= 0.6 is 0 Å². The average molecular weight is 236 g/mol. The van der Waals surface area contributed by atoms with Crippen molar-refractivity contribution in [1.82, 2.24) is 15.3 Å². The van der Waals surface area contributed by atoms with Crippen LogP contribution in [0.25, 0.3) is 0 Å². The number of hydrogen-bond donors (Lipinski definition) is 2. The first-order valence-corrected chi connectivity index (χ1v) is 6.42. The van der Waals surface area contributed by atoms with Gasteiger partial charge < -0.3 is 10.6 Å². The van der Waals surface area contributed by atoms with Crippen LogP contribution in [0.15, 0.2) is 6.20 Å². The summed E-state index contributed by atoms with van der Waals surface area (Å²) in [4.78, 5) is 8.81. The van der Waals surface area contributed by atoms with Crippen LogP contribution in [0.2, 0.25) is 0 Å². The molecular formula is C13H24N4. The first-order chi connectivity index (χ1) is 8.21. The molecule has 17 heavy (non-hydrogen) atoms. The van der Waals surface area contributed by atoms with Crippen molar-refractivity contribution in [3.05, 3.63) is 17.5 Å². The molecule has 1 aromatic rings. The van der Waals surface area contributed by atoms with E-state index >= 15 is 0 Å². The second kappa shape index (κ2) is 7.22.